The maximum Gasteiger partial charge on any atom is 0.0270 e. The lowest BCUT2D eigenvalue weighted by atomic mass is 9.95. The van der Waals surface area contributed by atoms with Crippen molar-refractivity contribution < 1.29 is 0 Å². The highest BCUT2D eigenvalue weighted by atomic mass is 15.4. The Bertz CT molecular complexity index is 247. The fourth-order valence-corrected chi connectivity index (χ4v) is 1.62. The highest BCUT2D eigenvalue weighted by Gasteiger charge is 2.23. The van der Waals surface area contributed by atoms with Gasteiger partial charge in [0, 0.05) is 30.9 Å². The quantitative estimate of drug-likeness (QED) is 0.638. The Hall–Kier alpha value is -0.930. The number of rotatable bonds is 1. The lowest BCUT2D eigenvalue weighted by Crippen LogP contribution is -2.28. The van der Waals surface area contributed by atoms with Gasteiger partial charge in [-0.1, -0.05) is 0 Å². The fourth-order valence-electron chi connectivity index (χ4n) is 1.62. The normalized spacial score (nSPS) is 29.1. The monoisotopic (exact) mass is 163 g/mol. The van der Waals surface area contributed by atoms with Crippen LogP contribution in [0.5, 0.6) is 0 Å². The van der Waals surface area contributed by atoms with Crippen LogP contribution >= 0.6 is 0 Å². The molecule has 1 aliphatic rings. The minimum atomic E-state index is 0.507. The van der Waals surface area contributed by atoms with Gasteiger partial charge in [-0.2, -0.15) is 0 Å². The van der Waals surface area contributed by atoms with Crippen LogP contribution in [0.15, 0.2) is 24.5 Å². The molecule has 3 nitrogen and oxygen atoms in total. The standard InChI is InChI=1S/C9H13N3/c1-7-9(6-11-12-7)8-2-4-10-5-3-8/h2-5,7,9,11-12H,6H2,1H3. The third-order valence-corrected chi connectivity index (χ3v) is 2.39. The van der Waals surface area contributed by atoms with Crippen molar-refractivity contribution >= 4 is 0 Å². The summed E-state index contributed by atoms with van der Waals surface area (Å²) < 4.78 is 0. The predicted molar refractivity (Wildman–Crippen MR) is 47.6 cm³/mol. The molecule has 3 heteroatoms. The van der Waals surface area contributed by atoms with Crippen LogP contribution in [-0.4, -0.2) is 17.6 Å². The van der Waals surface area contributed by atoms with Gasteiger partial charge in [-0.15, -0.1) is 0 Å². The Morgan fingerprint density at radius 3 is 2.75 bits per heavy atom. The Morgan fingerprint density at radius 2 is 2.17 bits per heavy atom. The van der Waals surface area contributed by atoms with Crippen molar-refractivity contribution in [2.75, 3.05) is 6.54 Å². The predicted octanol–water partition coefficient (Wildman–Crippen LogP) is 0.661. The average Bonchev–Trinajstić information content (AvgIpc) is 2.53. The first-order valence-corrected chi connectivity index (χ1v) is 4.26. The zero-order chi connectivity index (χ0) is 8.39. The summed E-state index contributed by atoms with van der Waals surface area (Å²) >= 11 is 0. The van der Waals surface area contributed by atoms with Gasteiger partial charge in [0.2, 0.25) is 0 Å². The first-order valence-electron chi connectivity index (χ1n) is 4.26. The van der Waals surface area contributed by atoms with E-state index in [1.807, 2.05) is 12.4 Å². The molecule has 2 atom stereocenters. The molecule has 0 bridgehead atoms. The minimum absolute atomic E-state index is 0.507. The first kappa shape index (κ1) is 7.71. The van der Waals surface area contributed by atoms with Crippen molar-refractivity contribution in [1.29, 1.82) is 0 Å². The number of hydrazine groups is 1. The van der Waals surface area contributed by atoms with Crippen LogP contribution in [0.25, 0.3) is 0 Å². The molecule has 12 heavy (non-hydrogen) atoms. The van der Waals surface area contributed by atoms with Crippen molar-refractivity contribution in [2.24, 2.45) is 0 Å². The average molecular weight is 163 g/mol. The van der Waals surface area contributed by atoms with Gasteiger partial charge >= 0.3 is 0 Å². The molecule has 1 aromatic heterocycles. The number of hydrogen-bond donors (Lipinski definition) is 2. The van der Waals surface area contributed by atoms with E-state index in [4.69, 9.17) is 0 Å². The fraction of sp³-hybridized carbons (Fsp3) is 0.444. The van der Waals surface area contributed by atoms with Gasteiger partial charge in [0.1, 0.15) is 0 Å². The van der Waals surface area contributed by atoms with Gasteiger partial charge in [-0.25, -0.2) is 0 Å². The molecular formula is C9H13N3. The van der Waals surface area contributed by atoms with Crippen LogP contribution in [0.1, 0.15) is 18.4 Å². The van der Waals surface area contributed by atoms with Crippen LogP contribution in [-0.2, 0) is 0 Å². The van der Waals surface area contributed by atoms with E-state index in [0.29, 0.717) is 12.0 Å². The summed E-state index contributed by atoms with van der Waals surface area (Å²) in [7, 11) is 0. The number of hydrogen-bond acceptors (Lipinski definition) is 3. The second-order valence-electron chi connectivity index (χ2n) is 3.20. The molecule has 1 saturated heterocycles. The number of nitrogens with one attached hydrogen (secondary N) is 2. The minimum Gasteiger partial charge on any atom is -0.265 e. The molecule has 0 spiro atoms. The zero-order valence-electron chi connectivity index (χ0n) is 7.12. The lowest BCUT2D eigenvalue weighted by molar-refractivity contribution is 0.569. The molecule has 1 fully saturated rings. The summed E-state index contributed by atoms with van der Waals surface area (Å²) in [6, 6.07) is 4.67. The Balaban J connectivity index is 2.19. The smallest absolute Gasteiger partial charge is 0.0270 e. The van der Waals surface area contributed by atoms with Crippen LogP contribution in [0.2, 0.25) is 0 Å². The van der Waals surface area contributed by atoms with Crippen molar-refractivity contribution in [3.05, 3.63) is 30.1 Å². The van der Waals surface area contributed by atoms with Crippen LogP contribution < -0.4 is 10.9 Å². The van der Waals surface area contributed by atoms with Gasteiger partial charge in [-0.3, -0.25) is 15.8 Å². The van der Waals surface area contributed by atoms with Crippen molar-refractivity contribution in [3.63, 3.8) is 0 Å². The molecular weight excluding hydrogens is 150 g/mol. The van der Waals surface area contributed by atoms with E-state index in [9.17, 15) is 0 Å². The summed E-state index contributed by atoms with van der Waals surface area (Å²) in [6.45, 7) is 3.19. The van der Waals surface area contributed by atoms with Gasteiger partial charge < -0.3 is 0 Å². The van der Waals surface area contributed by atoms with Crippen molar-refractivity contribution in [2.45, 2.75) is 18.9 Å². The molecule has 0 radical (unpaired) electrons. The highest BCUT2D eigenvalue weighted by Crippen LogP contribution is 2.20. The summed E-state index contributed by atoms with van der Waals surface area (Å²) in [6.07, 6.45) is 3.70. The molecule has 1 aliphatic heterocycles. The Labute approximate surface area is 72.2 Å². The molecule has 1 aromatic rings. The highest BCUT2D eigenvalue weighted by molar-refractivity contribution is 5.19. The van der Waals surface area contributed by atoms with Crippen LogP contribution in [0, 0.1) is 0 Å². The molecule has 0 amide bonds. The summed E-state index contributed by atoms with van der Waals surface area (Å²) in [5, 5.41) is 0. The molecule has 2 unspecified atom stereocenters. The molecule has 0 aliphatic carbocycles. The van der Waals surface area contributed by atoms with E-state index in [0.717, 1.165) is 6.54 Å². The number of nitrogens with zero attached hydrogens (tertiary/aromatic N) is 1. The van der Waals surface area contributed by atoms with Gasteiger partial charge in [0.15, 0.2) is 0 Å². The van der Waals surface area contributed by atoms with Crippen molar-refractivity contribution in [1.82, 2.24) is 15.8 Å². The van der Waals surface area contributed by atoms with Crippen LogP contribution in [0.3, 0.4) is 0 Å². The second-order valence-corrected chi connectivity index (χ2v) is 3.20. The third kappa shape index (κ3) is 1.33. The van der Waals surface area contributed by atoms with Gasteiger partial charge in [0.05, 0.1) is 0 Å². The van der Waals surface area contributed by atoms with Crippen LogP contribution in [0.4, 0.5) is 0 Å². The largest absolute Gasteiger partial charge is 0.265 e. The second kappa shape index (κ2) is 3.21. The first-order chi connectivity index (χ1) is 5.88. The number of aromatic nitrogens is 1. The van der Waals surface area contributed by atoms with E-state index >= 15 is 0 Å². The van der Waals surface area contributed by atoms with E-state index < -0.39 is 0 Å². The summed E-state index contributed by atoms with van der Waals surface area (Å²) in [5.74, 6) is 0.577. The maximum atomic E-state index is 4.00. The van der Waals surface area contributed by atoms with Gasteiger partial charge in [-0.05, 0) is 24.6 Å². The molecule has 64 valence electrons. The number of pyridine rings is 1. The van der Waals surface area contributed by atoms with E-state index in [1.165, 1.54) is 5.56 Å². The lowest BCUT2D eigenvalue weighted by Gasteiger charge is -2.12. The van der Waals surface area contributed by atoms with E-state index in [1.54, 1.807) is 0 Å². The van der Waals surface area contributed by atoms with E-state index in [-0.39, 0.29) is 0 Å². The van der Waals surface area contributed by atoms with Crippen molar-refractivity contribution in [3.8, 4) is 0 Å². The third-order valence-electron chi connectivity index (χ3n) is 2.39. The molecule has 2 heterocycles. The summed E-state index contributed by atoms with van der Waals surface area (Å²) in [5.41, 5.74) is 7.70. The maximum absolute atomic E-state index is 4.00. The molecule has 2 rings (SSSR count). The zero-order valence-corrected chi connectivity index (χ0v) is 7.12. The Morgan fingerprint density at radius 1 is 1.42 bits per heavy atom. The SMILES string of the molecule is CC1NNCC1c1ccncc1. The van der Waals surface area contributed by atoms with Gasteiger partial charge in [0.25, 0.3) is 0 Å². The van der Waals surface area contributed by atoms with E-state index in [2.05, 4.69) is 34.9 Å². The summed E-state index contributed by atoms with van der Waals surface area (Å²) in [4.78, 5) is 4.00. The molecule has 0 aromatic carbocycles. The molecule has 2 N–H and O–H groups in total. The molecule has 0 saturated carbocycles. The Kier molecular flexibility index (Phi) is 2.06. The topological polar surface area (TPSA) is 37.0 Å².